The summed E-state index contributed by atoms with van der Waals surface area (Å²) in [6.07, 6.45) is -2.11. The standard InChI is InChI=1S/C52H58N4O11.C15H16N4O4.C2HF3O2.CH4/c1-7-38(35-25-32(4)47(65-6)44(27-35)64-5)49(60)55-23-9-8-16-42(55)52(63)67-43(21-19-33-18-17-30(2)31(3)24-33)34-12-10-13-37(26-34)66-29-36(57)28-53-40-15-11-14-39-46(40)51(62)56(50(39)61)41-20-22-45(58)54-48(41)59;16-6-7-17-9-3-1-2-8-12(9)15(23)19(14(8)22)10-4-5-11(20)18-13(10)21;3-2(4,5)1(6)7;/h10-15,17-18,24-27,38,41-43,53H,7-9,16,19-23,28-29H2,1-6H3,(H,54,58,59);1-3,10,17H,4-7,16H2,(H,18,20,21);(H,6,7);1H4/t38-,41?,42-,43+;;;/m0.../s1. The van der Waals surface area contributed by atoms with Crippen LogP contribution in [0.4, 0.5) is 24.5 Å². The Labute approximate surface area is 563 Å². The van der Waals surface area contributed by atoms with Crippen LogP contribution in [0.3, 0.4) is 0 Å². The molecule has 5 aromatic carbocycles. The fraction of sp³-hybridized carbons (Fsp3) is 0.400. The third-order valence-electron chi connectivity index (χ3n) is 17.1. The van der Waals surface area contributed by atoms with Gasteiger partial charge in [0.2, 0.25) is 29.5 Å². The molecule has 3 saturated heterocycles. The molecule has 5 atom stereocenters. The number of alkyl halides is 3. The van der Waals surface area contributed by atoms with E-state index in [1.54, 1.807) is 67.7 Å². The van der Waals surface area contributed by atoms with Crippen LogP contribution in [0.15, 0.2) is 91.0 Å². The molecule has 522 valence electrons. The number of likely N-dealkylation sites (tertiary alicyclic amines) is 1. The fourth-order valence-corrected chi connectivity index (χ4v) is 12.1. The van der Waals surface area contributed by atoms with Gasteiger partial charge in [0.1, 0.15) is 42.6 Å². The minimum Gasteiger partial charge on any atom is -0.542 e. The number of esters is 1. The summed E-state index contributed by atoms with van der Waals surface area (Å²) in [5.74, 6) is -7.56. The maximum Gasteiger partial charge on any atom is 0.430 e. The summed E-state index contributed by atoms with van der Waals surface area (Å²) >= 11 is 0. The zero-order valence-corrected chi connectivity index (χ0v) is 54.3. The van der Waals surface area contributed by atoms with E-state index >= 15 is 0 Å². The highest BCUT2D eigenvalue weighted by Crippen LogP contribution is 2.39. The van der Waals surface area contributed by atoms with Crippen molar-refractivity contribution in [1.82, 2.24) is 25.3 Å². The number of piperidine rings is 3. The van der Waals surface area contributed by atoms with Gasteiger partial charge in [0.05, 0.1) is 62.0 Å². The first-order chi connectivity index (χ1) is 46.2. The van der Waals surface area contributed by atoms with Crippen molar-refractivity contribution in [2.45, 2.75) is 136 Å². The zero-order chi connectivity index (χ0) is 70.6. The predicted octanol–water partition coefficient (Wildman–Crippen LogP) is 5.56. The van der Waals surface area contributed by atoms with E-state index in [2.05, 4.69) is 59.0 Å². The summed E-state index contributed by atoms with van der Waals surface area (Å²) in [4.78, 5) is 154. The minimum atomic E-state index is -5.19. The number of hydrogen-bond acceptors (Lipinski definition) is 19. The highest BCUT2D eigenvalue weighted by molar-refractivity contribution is 6.26. The van der Waals surface area contributed by atoms with Gasteiger partial charge in [-0.2, -0.15) is 13.2 Å². The number of aliphatic carboxylic acids is 1. The predicted molar refractivity (Wildman–Crippen MR) is 345 cm³/mol. The maximum atomic E-state index is 14.4. The number of carboxylic acids is 1. The average Bonchev–Trinajstić information content (AvgIpc) is 1.61. The number of quaternary nitrogens is 1. The van der Waals surface area contributed by atoms with Crippen molar-refractivity contribution in [3.05, 3.63) is 147 Å². The van der Waals surface area contributed by atoms with Crippen LogP contribution in [0.1, 0.15) is 159 Å². The molecule has 9 amide bonds. The van der Waals surface area contributed by atoms with E-state index in [1.165, 1.54) is 11.6 Å². The van der Waals surface area contributed by atoms with Gasteiger partial charge < -0.3 is 50.1 Å². The number of halogens is 3. The SMILES string of the molecule is C.CC[C@H](C(=O)N1CCCC[C@H]1C(=O)O[C@H](CCc1ccc(C)c(C)c1)c1cccc(OCC(=O)CNc2cccc3c2C(=O)N(C2CCC(=O)NC2=O)C3=O)c1)c1cc(C)c(OC)c(OC)c1.O=C([O-])C(F)(F)F.[NH3+]CCNc1cccc2c1C(=O)N(C1CCC(=O)NC1=O)C2=O. The van der Waals surface area contributed by atoms with E-state index < -0.39 is 89.6 Å². The summed E-state index contributed by atoms with van der Waals surface area (Å²) in [5.41, 5.74) is 10.9. The van der Waals surface area contributed by atoms with Gasteiger partial charge in [-0.1, -0.05) is 62.9 Å². The number of aryl methyl sites for hydroxylation is 4. The summed E-state index contributed by atoms with van der Waals surface area (Å²) in [7, 11) is 3.14. The Morgan fingerprint density at radius 3 is 1.81 bits per heavy atom. The topological polar surface area (TPSA) is 350 Å². The summed E-state index contributed by atoms with van der Waals surface area (Å²) in [6.45, 7) is 9.00. The number of Topliss-reactive ketones (excluding diaryl/α,β-unsaturated/α-hetero) is 1. The number of methoxy groups -OCH3 is 2. The lowest BCUT2D eigenvalue weighted by atomic mass is 9.91. The molecule has 28 heteroatoms. The number of carbonyl (C=O) groups is 12. The van der Waals surface area contributed by atoms with E-state index in [1.807, 2.05) is 32.0 Å². The second-order valence-corrected chi connectivity index (χ2v) is 23.6. The Balaban J connectivity index is 0.000000358. The van der Waals surface area contributed by atoms with Crippen molar-refractivity contribution in [1.29, 1.82) is 0 Å². The van der Waals surface area contributed by atoms with Gasteiger partial charge in [0.25, 0.3) is 23.6 Å². The lowest BCUT2D eigenvalue weighted by Gasteiger charge is -2.37. The summed E-state index contributed by atoms with van der Waals surface area (Å²) in [5, 5.41) is 19.2. The molecule has 5 aliphatic heterocycles. The number of fused-ring (bicyclic) bond motifs is 2. The minimum absolute atomic E-state index is 0. The zero-order valence-electron chi connectivity index (χ0n) is 54.3. The molecule has 10 rings (SSSR count). The van der Waals surface area contributed by atoms with Crippen molar-refractivity contribution in [3.63, 3.8) is 0 Å². The second kappa shape index (κ2) is 33.0. The smallest absolute Gasteiger partial charge is 0.430 e. The third-order valence-corrected chi connectivity index (χ3v) is 17.1. The number of hydrogen-bond donors (Lipinski definition) is 5. The molecule has 5 aromatic rings. The molecule has 0 spiro atoms. The number of benzene rings is 5. The number of ether oxygens (including phenoxy) is 4. The van der Waals surface area contributed by atoms with E-state index in [9.17, 15) is 65.9 Å². The van der Waals surface area contributed by atoms with Crippen LogP contribution in [0, 0.1) is 20.8 Å². The number of ketones is 1. The van der Waals surface area contributed by atoms with Gasteiger partial charge in [-0.05, 0) is 148 Å². The van der Waals surface area contributed by atoms with Gasteiger partial charge in [-0.25, -0.2) is 4.79 Å². The molecule has 0 aliphatic carbocycles. The van der Waals surface area contributed by atoms with Crippen LogP contribution in [0.2, 0.25) is 0 Å². The Morgan fingerprint density at radius 1 is 0.694 bits per heavy atom. The van der Waals surface area contributed by atoms with Crippen molar-refractivity contribution < 1.29 is 100 Å². The molecular weight excluding hydrogens is 1280 g/mol. The van der Waals surface area contributed by atoms with Crippen molar-refractivity contribution in [2.75, 3.05) is 57.6 Å². The van der Waals surface area contributed by atoms with Gasteiger partial charge in [0.15, 0.2) is 17.3 Å². The van der Waals surface area contributed by atoms with Gasteiger partial charge in [0, 0.05) is 30.8 Å². The molecule has 3 fully saturated rings. The lowest BCUT2D eigenvalue weighted by Crippen LogP contribution is -2.54. The Hall–Kier alpha value is -10.5. The molecule has 98 heavy (non-hydrogen) atoms. The van der Waals surface area contributed by atoms with Crippen LogP contribution < -0.4 is 46.3 Å². The molecular formula is C70H79F3N8O17. The van der Waals surface area contributed by atoms with Gasteiger partial charge in [-0.3, -0.25) is 68.4 Å². The second-order valence-electron chi connectivity index (χ2n) is 23.6. The molecule has 2 unspecified atom stereocenters. The van der Waals surface area contributed by atoms with Crippen LogP contribution in [-0.2, 0) is 49.5 Å². The summed E-state index contributed by atoms with van der Waals surface area (Å²) < 4.78 is 55.1. The quantitative estimate of drug-likeness (QED) is 0.0418. The number of rotatable bonds is 22. The number of carbonyl (C=O) groups excluding carboxylic acids is 12. The number of nitrogens with one attached hydrogen (secondary N) is 4. The highest BCUT2D eigenvalue weighted by atomic mass is 19.4. The van der Waals surface area contributed by atoms with Crippen molar-refractivity contribution >= 4 is 82.3 Å². The van der Waals surface area contributed by atoms with E-state index in [0.717, 1.165) is 44.9 Å². The molecule has 5 heterocycles. The lowest BCUT2D eigenvalue weighted by molar-refractivity contribution is -0.362. The summed E-state index contributed by atoms with van der Waals surface area (Å²) in [6, 6.07) is 23.8. The van der Waals surface area contributed by atoms with Crippen LogP contribution in [0.5, 0.6) is 17.2 Å². The first-order valence-corrected chi connectivity index (χ1v) is 31.5. The number of amides is 9. The molecule has 7 N–H and O–H groups in total. The molecule has 0 saturated carbocycles. The van der Waals surface area contributed by atoms with E-state index in [0.29, 0.717) is 73.8 Å². The number of nitrogens with zero attached hydrogens (tertiary/aromatic N) is 3. The first-order valence-electron chi connectivity index (χ1n) is 31.5. The fourth-order valence-electron chi connectivity index (χ4n) is 12.1. The number of carboxylic acid groups (broad SMARTS) is 1. The Bertz CT molecular complexity index is 3930. The van der Waals surface area contributed by atoms with Crippen molar-refractivity contribution in [2.24, 2.45) is 0 Å². The van der Waals surface area contributed by atoms with E-state index in [4.69, 9.17) is 28.8 Å². The molecule has 0 radical (unpaired) electrons. The number of imide groups is 4. The maximum absolute atomic E-state index is 14.4. The van der Waals surface area contributed by atoms with E-state index in [-0.39, 0.29) is 91.8 Å². The molecule has 5 aliphatic rings. The first kappa shape index (κ1) is 74.9. The number of anilines is 2. The monoisotopic (exact) mass is 1360 g/mol. The normalized spacial score (nSPS) is 17.9. The largest absolute Gasteiger partial charge is 0.542 e. The van der Waals surface area contributed by atoms with Crippen LogP contribution in [0.25, 0.3) is 0 Å². The van der Waals surface area contributed by atoms with Crippen LogP contribution in [-0.4, -0.2) is 157 Å². The molecule has 0 aromatic heterocycles. The van der Waals surface area contributed by atoms with Crippen LogP contribution >= 0.6 is 0 Å². The molecule has 25 nitrogen and oxygen atoms in total. The van der Waals surface area contributed by atoms with Gasteiger partial charge in [-0.15, -0.1) is 0 Å². The third kappa shape index (κ3) is 17.2. The Morgan fingerprint density at radius 2 is 1.28 bits per heavy atom. The van der Waals surface area contributed by atoms with Crippen molar-refractivity contribution in [3.8, 4) is 17.2 Å². The Kier molecular flexibility index (Phi) is 25.2. The highest BCUT2D eigenvalue weighted by Gasteiger charge is 2.48. The molecule has 0 bridgehead atoms. The van der Waals surface area contributed by atoms with Gasteiger partial charge >= 0.3 is 12.1 Å². The average molecular weight is 1360 g/mol.